The second kappa shape index (κ2) is 11.1. The highest BCUT2D eigenvalue weighted by molar-refractivity contribution is 8.24. The third-order valence-electron chi connectivity index (χ3n) is 3.71. The highest BCUT2D eigenvalue weighted by Crippen LogP contribution is 2.57. The lowest BCUT2D eigenvalue weighted by atomic mass is 10.1. The van der Waals surface area contributed by atoms with E-state index in [0.29, 0.717) is 20.7 Å². The van der Waals surface area contributed by atoms with Gasteiger partial charge in [0.05, 0.1) is 9.16 Å². The molecule has 8 heteroatoms. The molecule has 0 fully saturated rings. The van der Waals surface area contributed by atoms with Crippen molar-refractivity contribution in [2.75, 3.05) is 11.5 Å². The van der Waals surface area contributed by atoms with E-state index in [9.17, 15) is 9.59 Å². The minimum Gasteiger partial charge on any atom is -0.282 e. The van der Waals surface area contributed by atoms with Gasteiger partial charge in [0.25, 0.3) is 0 Å². The van der Waals surface area contributed by atoms with Gasteiger partial charge in [-0.2, -0.15) is 0 Å². The standard InChI is InChI=1S/C20H18O2S6/c1-3-17(21)23-9-13-11-25-19(27-13)15-7-5-6-8-16(15)20-26-12-14(28-20)10-24-18(22)4-2/h3-8,11-12,19-20H,1-2,9-10H2. The van der Waals surface area contributed by atoms with Crippen molar-refractivity contribution in [3.05, 3.63) is 81.3 Å². The Morgan fingerprint density at radius 3 is 1.68 bits per heavy atom. The molecule has 28 heavy (non-hydrogen) atoms. The Morgan fingerprint density at radius 1 is 0.857 bits per heavy atom. The number of carbonyl (C=O) groups is 2. The third-order valence-corrected chi connectivity index (χ3v) is 11.3. The number of thioether (sulfide) groups is 6. The summed E-state index contributed by atoms with van der Waals surface area (Å²) in [7, 11) is 0. The van der Waals surface area contributed by atoms with Crippen LogP contribution >= 0.6 is 70.6 Å². The molecule has 146 valence electrons. The largest absolute Gasteiger partial charge is 0.282 e. The van der Waals surface area contributed by atoms with Crippen LogP contribution < -0.4 is 0 Å². The Kier molecular flexibility index (Phi) is 8.87. The normalized spacial score (nSPS) is 21.1. The maximum atomic E-state index is 11.5. The summed E-state index contributed by atoms with van der Waals surface area (Å²) in [5.74, 6) is 1.41. The molecule has 2 aliphatic heterocycles. The van der Waals surface area contributed by atoms with Gasteiger partial charge in [0.1, 0.15) is 0 Å². The van der Waals surface area contributed by atoms with E-state index in [1.165, 1.54) is 56.6 Å². The van der Waals surface area contributed by atoms with E-state index in [1.54, 1.807) is 0 Å². The van der Waals surface area contributed by atoms with Crippen LogP contribution in [0.1, 0.15) is 20.3 Å². The summed E-state index contributed by atoms with van der Waals surface area (Å²) in [5, 5.41) is 4.37. The first-order chi connectivity index (χ1) is 13.6. The zero-order chi connectivity index (χ0) is 19.9. The molecule has 2 heterocycles. The molecule has 0 N–H and O–H groups in total. The van der Waals surface area contributed by atoms with Gasteiger partial charge in [0.15, 0.2) is 0 Å². The van der Waals surface area contributed by atoms with Gasteiger partial charge in [-0.3, -0.25) is 9.59 Å². The lowest BCUT2D eigenvalue weighted by Crippen LogP contribution is -1.97. The molecule has 1 aromatic carbocycles. The molecular weight excluding hydrogens is 465 g/mol. The molecule has 2 atom stereocenters. The molecule has 0 spiro atoms. The van der Waals surface area contributed by atoms with Crippen molar-refractivity contribution in [3.63, 3.8) is 0 Å². The van der Waals surface area contributed by atoms with E-state index in [0.717, 1.165) is 0 Å². The minimum atomic E-state index is 0.0144. The Morgan fingerprint density at radius 2 is 1.29 bits per heavy atom. The quantitative estimate of drug-likeness (QED) is 0.359. The number of benzene rings is 1. The summed E-state index contributed by atoms with van der Waals surface area (Å²) < 4.78 is 0.625. The monoisotopic (exact) mass is 482 g/mol. The second-order valence-electron chi connectivity index (χ2n) is 5.59. The highest BCUT2D eigenvalue weighted by Gasteiger charge is 2.28. The fourth-order valence-electron chi connectivity index (χ4n) is 2.41. The molecule has 2 nitrogen and oxygen atoms in total. The molecule has 0 saturated carbocycles. The fraction of sp³-hybridized carbons (Fsp3) is 0.200. The molecule has 1 aromatic rings. The predicted octanol–water partition coefficient (Wildman–Crippen LogP) is 7.22. The zero-order valence-electron chi connectivity index (χ0n) is 14.9. The topological polar surface area (TPSA) is 34.1 Å². The van der Waals surface area contributed by atoms with Gasteiger partial charge < -0.3 is 0 Å². The van der Waals surface area contributed by atoms with Crippen LogP contribution in [0.15, 0.2) is 70.2 Å². The summed E-state index contributed by atoms with van der Waals surface area (Å²) in [6, 6.07) is 8.58. The number of hydrogen-bond acceptors (Lipinski definition) is 8. The van der Waals surface area contributed by atoms with Crippen LogP contribution in [0.25, 0.3) is 0 Å². The Bertz CT molecular complexity index is 776. The number of hydrogen-bond donors (Lipinski definition) is 0. The maximum absolute atomic E-state index is 11.5. The van der Waals surface area contributed by atoms with Crippen LogP contribution in [0.3, 0.4) is 0 Å². The van der Waals surface area contributed by atoms with Crippen LogP contribution in [0.2, 0.25) is 0 Å². The van der Waals surface area contributed by atoms with Gasteiger partial charge in [-0.25, -0.2) is 0 Å². The van der Waals surface area contributed by atoms with Crippen LogP contribution in [-0.2, 0) is 9.59 Å². The van der Waals surface area contributed by atoms with Crippen LogP contribution in [0.4, 0.5) is 0 Å². The van der Waals surface area contributed by atoms with Crippen molar-refractivity contribution in [1.29, 1.82) is 0 Å². The van der Waals surface area contributed by atoms with Crippen LogP contribution in [0.5, 0.6) is 0 Å². The first kappa shape index (κ1) is 22.3. The van der Waals surface area contributed by atoms with Gasteiger partial charge in [-0.05, 0) is 34.1 Å². The highest BCUT2D eigenvalue weighted by atomic mass is 32.2. The smallest absolute Gasteiger partial charge is 0.211 e. The van der Waals surface area contributed by atoms with Crippen LogP contribution in [0, 0.1) is 0 Å². The molecule has 0 radical (unpaired) electrons. The van der Waals surface area contributed by atoms with Crippen LogP contribution in [-0.4, -0.2) is 21.7 Å². The summed E-state index contributed by atoms with van der Waals surface area (Å²) in [6.07, 6.45) is 2.73. The maximum Gasteiger partial charge on any atom is 0.211 e. The Balaban J connectivity index is 1.60. The van der Waals surface area contributed by atoms with Crippen molar-refractivity contribution in [2.45, 2.75) is 9.16 Å². The van der Waals surface area contributed by atoms with Gasteiger partial charge in [0.2, 0.25) is 10.2 Å². The first-order valence-electron chi connectivity index (χ1n) is 8.30. The number of carbonyl (C=O) groups excluding carboxylic acids is 2. The average molecular weight is 483 g/mol. The van der Waals surface area contributed by atoms with Gasteiger partial charge in [-0.15, -0.1) is 47.0 Å². The fourth-order valence-corrected chi connectivity index (χ4v) is 9.46. The van der Waals surface area contributed by atoms with Crippen molar-refractivity contribution < 1.29 is 9.59 Å². The first-order valence-corrected chi connectivity index (χ1v) is 13.9. The van der Waals surface area contributed by atoms with E-state index in [1.807, 2.05) is 47.0 Å². The molecule has 0 saturated heterocycles. The SMILES string of the molecule is C=CC(=O)SCC1=CSC(c2ccccc2C2SC=C(CSC(=O)C=C)S2)S1. The van der Waals surface area contributed by atoms with Crippen molar-refractivity contribution >= 4 is 80.8 Å². The lowest BCUT2D eigenvalue weighted by Gasteiger charge is -2.18. The third kappa shape index (κ3) is 6.06. The van der Waals surface area contributed by atoms with E-state index in [2.05, 4.69) is 48.2 Å². The molecule has 0 bridgehead atoms. The van der Waals surface area contributed by atoms with E-state index >= 15 is 0 Å². The average Bonchev–Trinajstić information content (AvgIpc) is 3.39. The molecule has 2 unspecified atom stereocenters. The molecule has 0 aliphatic carbocycles. The Hall–Kier alpha value is -0.380. The van der Waals surface area contributed by atoms with E-state index < -0.39 is 0 Å². The van der Waals surface area contributed by atoms with Crippen molar-refractivity contribution in [1.82, 2.24) is 0 Å². The lowest BCUT2D eigenvalue weighted by molar-refractivity contribution is -0.107. The van der Waals surface area contributed by atoms with Gasteiger partial charge in [0, 0.05) is 21.3 Å². The number of rotatable bonds is 8. The predicted molar refractivity (Wildman–Crippen MR) is 134 cm³/mol. The summed E-state index contributed by atoms with van der Waals surface area (Å²) in [4.78, 5) is 25.4. The molecule has 2 aliphatic rings. The van der Waals surface area contributed by atoms with E-state index in [-0.39, 0.29) is 10.2 Å². The van der Waals surface area contributed by atoms with Crippen molar-refractivity contribution in [3.8, 4) is 0 Å². The summed E-state index contributed by atoms with van der Waals surface area (Å²) in [6.45, 7) is 7.04. The van der Waals surface area contributed by atoms with E-state index in [4.69, 9.17) is 0 Å². The Labute approximate surface area is 191 Å². The van der Waals surface area contributed by atoms with Gasteiger partial charge in [-0.1, -0.05) is 60.9 Å². The van der Waals surface area contributed by atoms with Crippen molar-refractivity contribution in [2.24, 2.45) is 0 Å². The minimum absolute atomic E-state index is 0.0144. The molecule has 0 amide bonds. The van der Waals surface area contributed by atoms with Gasteiger partial charge >= 0.3 is 0 Å². The summed E-state index contributed by atoms with van der Waals surface area (Å²) in [5.41, 5.74) is 2.66. The molecule has 0 aromatic heterocycles. The summed E-state index contributed by atoms with van der Waals surface area (Å²) >= 11 is 9.87. The molecular formula is C20H18O2S6. The second-order valence-corrected chi connectivity index (χ2v) is 12.6. The molecule has 3 rings (SSSR count). The zero-order valence-corrected chi connectivity index (χ0v) is 19.8.